The van der Waals surface area contributed by atoms with Crippen LogP contribution in [0.25, 0.3) is 0 Å². The molecule has 5 atom stereocenters. The standard InChI is InChI=1S/C23H24ClF3N2O5/c1-10(2)19(29-20(31)17-11-3-4-12(7-11)18(17)21(29)32)22(33)34-9-16(30)28-15-8-13(23(25,26)27)5-6-14(15)24/h5-6,8,10-12,17-19H,3-4,7,9H2,1-2H3,(H,28,30)/t11-,12-,17+,18+,19+/m0/s1. The Balaban J connectivity index is 1.42. The Morgan fingerprint density at radius 3 is 2.26 bits per heavy atom. The topological polar surface area (TPSA) is 92.8 Å². The lowest BCUT2D eigenvalue weighted by Gasteiger charge is -2.28. The molecule has 3 aliphatic rings. The van der Waals surface area contributed by atoms with Crippen molar-refractivity contribution >= 4 is 41.0 Å². The van der Waals surface area contributed by atoms with Gasteiger partial charge in [0.05, 0.1) is 28.1 Å². The fourth-order valence-electron chi connectivity index (χ4n) is 5.59. The number of carbonyl (C=O) groups excluding carboxylic acids is 4. The predicted molar refractivity (Wildman–Crippen MR) is 114 cm³/mol. The van der Waals surface area contributed by atoms with Crippen LogP contribution in [0.3, 0.4) is 0 Å². The molecule has 11 heteroatoms. The quantitative estimate of drug-likeness (QED) is 0.472. The number of hydrogen-bond donors (Lipinski definition) is 1. The molecule has 2 saturated carbocycles. The zero-order valence-corrected chi connectivity index (χ0v) is 19.3. The van der Waals surface area contributed by atoms with Gasteiger partial charge in [-0.1, -0.05) is 25.4 Å². The van der Waals surface area contributed by atoms with Crippen LogP contribution >= 0.6 is 11.6 Å². The molecule has 3 amide bonds. The van der Waals surface area contributed by atoms with Crippen molar-refractivity contribution in [2.24, 2.45) is 29.6 Å². The van der Waals surface area contributed by atoms with Crippen LogP contribution in [0.1, 0.15) is 38.7 Å². The summed E-state index contributed by atoms with van der Waals surface area (Å²) >= 11 is 5.87. The van der Waals surface area contributed by atoms with E-state index < -0.39 is 54.0 Å². The molecule has 34 heavy (non-hydrogen) atoms. The van der Waals surface area contributed by atoms with E-state index in [1.165, 1.54) is 0 Å². The first-order chi connectivity index (χ1) is 15.9. The number of alkyl halides is 3. The molecule has 2 aliphatic carbocycles. The van der Waals surface area contributed by atoms with Gasteiger partial charge in [-0.3, -0.25) is 19.3 Å². The molecule has 2 bridgehead atoms. The summed E-state index contributed by atoms with van der Waals surface area (Å²) in [6.07, 6.45) is -1.98. The van der Waals surface area contributed by atoms with Crippen LogP contribution in [0.4, 0.5) is 18.9 Å². The van der Waals surface area contributed by atoms with Crippen molar-refractivity contribution in [3.05, 3.63) is 28.8 Å². The van der Waals surface area contributed by atoms with E-state index >= 15 is 0 Å². The van der Waals surface area contributed by atoms with Gasteiger partial charge in [-0.25, -0.2) is 4.79 Å². The van der Waals surface area contributed by atoms with Gasteiger partial charge in [0.15, 0.2) is 6.61 Å². The summed E-state index contributed by atoms with van der Waals surface area (Å²) in [5.74, 6) is -3.50. The third kappa shape index (κ3) is 4.28. The second kappa shape index (κ2) is 8.87. The Labute approximate surface area is 198 Å². The second-order valence-corrected chi connectivity index (χ2v) is 9.88. The SMILES string of the molecule is CC(C)[C@H](C(=O)OCC(=O)Nc1cc(C(F)(F)F)ccc1Cl)N1C(=O)[C@@H]2[C@H]3CC[C@@H](C3)[C@H]2C1=O. The fourth-order valence-corrected chi connectivity index (χ4v) is 5.75. The zero-order chi connectivity index (χ0) is 24.9. The van der Waals surface area contributed by atoms with E-state index in [0.717, 1.165) is 36.3 Å². The van der Waals surface area contributed by atoms with Crippen LogP contribution in [0.15, 0.2) is 18.2 Å². The average molecular weight is 501 g/mol. The van der Waals surface area contributed by atoms with Crippen LogP contribution in [-0.2, 0) is 30.1 Å². The minimum atomic E-state index is -4.63. The van der Waals surface area contributed by atoms with E-state index in [0.29, 0.717) is 6.07 Å². The van der Waals surface area contributed by atoms with Crippen molar-refractivity contribution in [2.75, 3.05) is 11.9 Å². The second-order valence-electron chi connectivity index (χ2n) is 9.47. The summed E-state index contributed by atoms with van der Waals surface area (Å²) in [7, 11) is 0. The number of anilines is 1. The van der Waals surface area contributed by atoms with Gasteiger partial charge >= 0.3 is 12.1 Å². The molecule has 1 aromatic carbocycles. The molecule has 0 spiro atoms. The number of nitrogens with one attached hydrogen (secondary N) is 1. The number of fused-ring (bicyclic) bond motifs is 5. The largest absolute Gasteiger partial charge is 0.454 e. The van der Waals surface area contributed by atoms with Gasteiger partial charge < -0.3 is 10.1 Å². The predicted octanol–water partition coefficient (Wildman–Crippen LogP) is 3.90. The molecule has 0 unspecified atom stereocenters. The number of ether oxygens (including phenoxy) is 1. The number of hydrogen-bond acceptors (Lipinski definition) is 5. The molecule has 184 valence electrons. The minimum Gasteiger partial charge on any atom is -0.454 e. The highest BCUT2D eigenvalue weighted by Gasteiger charge is 2.62. The van der Waals surface area contributed by atoms with Gasteiger partial charge in [0.2, 0.25) is 11.8 Å². The molecular formula is C23H24ClF3N2O5. The normalized spacial score (nSPS) is 26.7. The number of carbonyl (C=O) groups is 4. The Morgan fingerprint density at radius 2 is 1.74 bits per heavy atom. The lowest BCUT2D eigenvalue weighted by Crippen LogP contribution is -2.50. The van der Waals surface area contributed by atoms with Crippen molar-refractivity contribution in [3.8, 4) is 0 Å². The molecule has 1 N–H and O–H groups in total. The van der Waals surface area contributed by atoms with Gasteiger partial charge in [0.1, 0.15) is 6.04 Å². The third-order valence-electron chi connectivity index (χ3n) is 7.03. The van der Waals surface area contributed by atoms with E-state index in [4.69, 9.17) is 16.3 Å². The van der Waals surface area contributed by atoms with Gasteiger partial charge in [0, 0.05) is 0 Å². The zero-order valence-electron chi connectivity index (χ0n) is 18.5. The molecule has 1 saturated heterocycles. The molecule has 1 aromatic rings. The lowest BCUT2D eigenvalue weighted by atomic mass is 9.81. The van der Waals surface area contributed by atoms with Crippen molar-refractivity contribution in [3.63, 3.8) is 0 Å². The molecule has 3 fully saturated rings. The highest BCUT2D eigenvalue weighted by Crippen LogP contribution is 2.56. The van der Waals surface area contributed by atoms with Crippen LogP contribution in [0.2, 0.25) is 5.02 Å². The smallest absolute Gasteiger partial charge is 0.416 e. The number of benzene rings is 1. The Kier molecular flexibility index (Phi) is 6.39. The van der Waals surface area contributed by atoms with Crippen molar-refractivity contribution in [1.82, 2.24) is 4.90 Å². The van der Waals surface area contributed by atoms with Crippen molar-refractivity contribution in [2.45, 2.75) is 45.3 Å². The molecule has 0 radical (unpaired) electrons. The summed E-state index contributed by atoms with van der Waals surface area (Å²) in [6.45, 7) is 2.51. The minimum absolute atomic E-state index is 0.123. The highest BCUT2D eigenvalue weighted by atomic mass is 35.5. The maximum Gasteiger partial charge on any atom is 0.416 e. The van der Waals surface area contributed by atoms with E-state index in [9.17, 15) is 32.3 Å². The molecule has 1 aliphatic heterocycles. The van der Waals surface area contributed by atoms with E-state index in [1.807, 2.05) is 0 Å². The first kappa shape index (κ1) is 24.5. The van der Waals surface area contributed by atoms with Crippen LogP contribution < -0.4 is 5.32 Å². The Morgan fingerprint density at radius 1 is 1.15 bits per heavy atom. The van der Waals surface area contributed by atoms with Crippen LogP contribution in [0.5, 0.6) is 0 Å². The summed E-state index contributed by atoms with van der Waals surface area (Å²) in [5.41, 5.74) is -1.29. The number of imide groups is 1. The first-order valence-corrected chi connectivity index (χ1v) is 11.5. The van der Waals surface area contributed by atoms with E-state index in [-0.39, 0.29) is 34.4 Å². The number of likely N-dealkylation sites (tertiary alicyclic amines) is 1. The number of rotatable bonds is 6. The fraction of sp³-hybridized carbons (Fsp3) is 0.565. The first-order valence-electron chi connectivity index (χ1n) is 11.1. The Hall–Kier alpha value is -2.62. The average Bonchev–Trinajstić information content (AvgIpc) is 3.43. The number of nitrogens with zero attached hydrogens (tertiary/aromatic N) is 1. The maximum atomic E-state index is 13.1. The highest BCUT2D eigenvalue weighted by molar-refractivity contribution is 6.33. The number of amides is 3. The van der Waals surface area contributed by atoms with Gasteiger partial charge in [-0.2, -0.15) is 13.2 Å². The lowest BCUT2D eigenvalue weighted by molar-refractivity contribution is -0.162. The summed E-state index contributed by atoms with van der Waals surface area (Å²) in [5, 5.41) is 2.07. The van der Waals surface area contributed by atoms with Crippen molar-refractivity contribution < 1.29 is 37.1 Å². The molecule has 1 heterocycles. The maximum absolute atomic E-state index is 13.1. The third-order valence-corrected chi connectivity index (χ3v) is 7.36. The van der Waals surface area contributed by atoms with Crippen LogP contribution in [0, 0.1) is 29.6 Å². The number of esters is 1. The van der Waals surface area contributed by atoms with Crippen molar-refractivity contribution in [1.29, 1.82) is 0 Å². The van der Waals surface area contributed by atoms with Gasteiger partial charge in [-0.15, -0.1) is 0 Å². The van der Waals surface area contributed by atoms with Crippen LogP contribution in [-0.4, -0.2) is 41.2 Å². The number of halogens is 4. The summed E-state index contributed by atoms with van der Waals surface area (Å²) < 4.78 is 43.8. The van der Waals surface area contributed by atoms with Gasteiger partial charge in [0.25, 0.3) is 5.91 Å². The molecule has 7 nitrogen and oxygen atoms in total. The van der Waals surface area contributed by atoms with E-state index in [2.05, 4.69) is 5.32 Å². The summed E-state index contributed by atoms with van der Waals surface area (Å²) in [4.78, 5) is 52.3. The van der Waals surface area contributed by atoms with Gasteiger partial charge in [-0.05, 0) is 55.2 Å². The van der Waals surface area contributed by atoms with E-state index in [1.54, 1.807) is 13.8 Å². The summed E-state index contributed by atoms with van der Waals surface area (Å²) in [6, 6.07) is 1.26. The monoisotopic (exact) mass is 500 g/mol. The molecule has 0 aromatic heterocycles. The molecular weight excluding hydrogens is 477 g/mol. The molecule has 4 rings (SSSR count). The Bertz CT molecular complexity index is 1020.